The molecule has 0 aromatic carbocycles. The number of nitrogens with zero attached hydrogens (tertiary/aromatic N) is 3. The van der Waals surface area contributed by atoms with Crippen LogP contribution in [0.25, 0.3) is 11.0 Å². The molecule has 0 radical (unpaired) electrons. The van der Waals surface area contributed by atoms with Gasteiger partial charge in [0.15, 0.2) is 5.65 Å². The number of carbonyl (C=O) groups excluding carboxylic acids is 1. The van der Waals surface area contributed by atoms with E-state index in [4.69, 9.17) is 0 Å². The van der Waals surface area contributed by atoms with Crippen LogP contribution in [-0.4, -0.2) is 27.3 Å². The highest BCUT2D eigenvalue weighted by Crippen LogP contribution is 2.40. The van der Waals surface area contributed by atoms with Gasteiger partial charge in [-0.3, -0.25) is 4.79 Å². The van der Waals surface area contributed by atoms with Crippen LogP contribution in [0.3, 0.4) is 0 Å². The third-order valence-electron chi connectivity index (χ3n) is 4.52. The molecule has 0 N–H and O–H groups in total. The standard InChI is InChI=1S/C16H16BrN3O/c1-9-4-13(9)16(21)20-3-2-14-11(8-20)5-10-6-12(17)7-18-15(10)19-14/h5-7,9,13H,2-4,8H2,1H3. The lowest BCUT2D eigenvalue weighted by Crippen LogP contribution is -2.37. The molecule has 4 rings (SSSR count). The number of aromatic nitrogens is 2. The number of rotatable bonds is 1. The van der Waals surface area contributed by atoms with E-state index in [0.29, 0.717) is 18.4 Å². The van der Waals surface area contributed by atoms with Crippen LogP contribution in [0.2, 0.25) is 0 Å². The maximum absolute atomic E-state index is 12.4. The molecular formula is C16H16BrN3O. The Morgan fingerprint density at radius 3 is 3.00 bits per heavy atom. The van der Waals surface area contributed by atoms with Crippen molar-refractivity contribution in [3.8, 4) is 0 Å². The van der Waals surface area contributed by atoms with Crippen LogP contribution < -0.4 is 0 Å². The highest BCUT2D eigenvalue weighted by atomic mass is 79.9. The predicted molar refractivity (Wildman–Crippen MR) is 83.6 cm³/mol. The lowest BCUT2D eigenvalue weighted by molar-refractivity contribution is -0.133. The number of halogens is 1. The van der Waals surface area contributed by atoms with Crippen LogP contribution in [0, 0.1) is 11.8 Å². The van der Waals surface area contributed by atoms with Crippen molar-refractivity contribution in [1.29, 1.82) is 0 Å². The summed E-state index contributed by atoms with van der Waals surface area (Å²) >= 11 is 3.44. The Labute approximate surface area is 131 Å². The summed E-state index contributed by atoms with van der Waals surface area (Å²) in [4.78, 5) is 23.4. The summed E-state index contributed by atoms with van der Waals surface area (Å²) < 4.78 is 0.951. The van der Waals surface area contributed by atoms with Gasteiger partial charge in [0.1, 0.15) is 0 Å². The molecule has 2 unspecified atom stereocenters. The zero-order valence-corrected chi connectivity index (χ0v) is 13.4. The molecule has 2 atom stereocenters. The van der Waals surface area contributed by atoms with E-state index in [0.717, 1.165) is 46.1 Å². The van der Waals surface area contributed by atoms with E-state index >= 15 is 0 Å². The third kappa shape index (κ3) is 2.33. The molecule has 1 amide bonds. The minimum atomic E-state index is 0.260. The Hall–Kier alpha value is -1.49. The zero-order chi connectivity index (χ0) is 14.6. The van der Waals surface area contributed by atoms with E-state index in [-0.39, 0.29) is 5.92 Å². The molecule has 3 heterocycles. The maximum Gasteiger partial charge on any atom is 0.226 e. The van der Waals surface area contributed by atoms with Crippen LogP contribution >= 0.6 is 15.9 Å². The second kappa shape index (κ2) is 4.77. The topological polar surface area (TPSA) is 46.1 Å². The first-order chi connectivity index (χ1) is 10.1. The first-order valence-electron chi connectivity index (χ1n) is 7.34. The van der Waals surface area contributed by atoms with Gasteiger partial charge in [0.2, 0.25) is 5.91 Å². The minimum absolute atomic E-state index is 0.260. The van der Waals surface area contributed by atoms with Gasteiger partial charge in [-0.2, -0.15) is 0 Å². The summed E-state index contributed by atoms with van der Waals surface area (Å²) in [6.45, 7) is 3.62. The summed E-state index contributed by atoms with van der Waals surface area (Å²) in [5.41, 5.74) is 3.04. The average Bonchev–Trinajstić information content (AvgIpc) is 3.20. The second-order valence-electron chi connectivity index (χ2n) is 6.12. The van der Waals surface area contributed by atoms with Crippen molar-refractivity contribution in [1.82, 2.24) is 14.9 Å². The van der Waals surface area contributed by atoms with E-state index in [9.17, 15) is 4.79 Å². The molecule has 1 fully saturated rings. The van der Waals surface area contributed by atoms with Gasteiger partial charge in [0.25, 0.3) is 0 Å². The van der Waals surface area contributed by atoms with Crippen LogP contribution in [0.15, 0.2) is 22.8 Å². The number of hydrogen-bond donors (Lipinski definition) is 0. The highest BCUT2D eigenvalue weighted by molar-refractivity contribution is 9.10. The number of fused-ring (bicyclic) bond motifs is 2. The van der Waals surface area contributed by atoms with Gasteiger partial charge >= 0.3 is 0 Å². The van der Waals surface area contributed by atoms with Crippen LogP contribution in [0.4, 0.5) is 0 Å². The summed E-state index contributed by atoms with van der Waals surface area (Å²) in [5.74, 6) is 1.14. The Kier molecular flexibility index (Phi) is 2.99. The number of amides is 1. The molecule has 0 spiro atoms. The van der Waals surface area contributed by atoms with Crippen molar-refractivity contribution in [3.05, 3.63) is 34.1 Å². The Morgan fingerprint density at radius 1 is 1.43 bits per heavy atom. The second-order valence-corrected chi connectivity index (χ2v) is 7.04. The van der Waals surface area contributed by atoms with Gasteiger partial charge in [-0.25, -0.2) is 9.97 Å². The first kappa shape index (κ1) is 13.2. The lowest BCUT2D eigenvalue weighted by atomic mass is 10.0. The van der Waals surface area contributed by atoms with Crippen LogP contribution in [0.5, 0.6) is 0 Å². The molecule has 21 heavy (non-hydrogen) atoms. The molecule has 2 aromatic rings. The van der Waals surface area contributed by atoms with E-state index in [2.05, 4.69) is 38.9 Å². The molecule has 1 saturated carbocycles. The number of hydrogen-bond acceptors (Lipinski definition) is 3. The fourth-order valence-corrected chi connectivity index (χ4v) is 3.43. The molecule has 2 aromatic heterocycles. The van der Waals surface area contributed by atoms with Gasteiger partial charge in [-0.15, -0.1) is 0 Å². The summed E-state index contributed by atoms with van der Waals surface area (Å²) in [6.07, 6.45) is 3.65. The van der Waals surface area contributed by atoms with E-state index < -0.39 is 0 Å². The van der Waals surface area contributed by atoms with Gasteiger partial charge in [-0.05, 0) is 46.0 Å². The highest BCUT2D eigenvalue weighted by Gasteiger charge is 2.42. The minimum Gasteiger partial charge on any atom is -0.338 e. The Bertz CT molecular complexity index is 746. The van der Waals surface area contributed by atoms with Gasteiger partial charge in [-0.1, -0.05) is 6.92 Å². The van der Waals surface area contributed by atoms with Crippen molar-refractivity contribution < 1.29 is 4.79 Å². The van der Waals surface area contributed by atoms with E-state index in [1.54, 1.807) is 6.20 Å². The summed E-state index contributed by atoms with van der Waals surface area (Å²) in [7, 11) is 0. The quantitative estimate of drug-likeness (QED) is 0.798. The zero-order valence-electron chi connectivity index (χ0n) is 11.8. The SMILES string of the molecule is CC1CC1C(=O)N1CCc2nc3ncc(Br)cc3cc2C1. The van der Waals surface area contributed by atoms with Crippen molar-refractivity contribution in [2.24, 2.45) is 11.8 Å². The lowest BCUT2D eigenvalue weighted by Gasteiger charge is -2.28. The van der Waals surface area contributed by atoms with Crippen molar-refractivity contribution in [2.45, 2.75) is 26.3 Å². The maximum atomic E-state index is 12.4. The van der Waals surface area contributed by atoms with Crippen molar-refractivity contribution >= 4 is 32.9 Å². The van der Waals surface area contributed by atoms with E-state index in [1.807, 2.05) is 11.0 Å². The predicted octanol–water partition coefficient (Wildman–Crippen LogP) is 2.93. The molecule has 5 heteroatoms. The smallest absolute Gasteiger partial charge is 0.226 e. The van der Waals surface area contributed by atoms with Gasteiger partial charge in [0, 0.05) is 47.2 Å². The largest absolute Gasteiger partial charge is 0.338 e. The average molecular weight is 346 g/mol. The molecule has 108 valence electrons. The normalized spacial score (nSPS) is 24.0. The van der Waals surface area contributed by atoms with Crippen LogP contribution in [-0.2, 0) is 17.8 Å². The molecule has 1 aliphatic heterocycles. The fourth-order valence-electron chi connectivity index (χ4n) is 3.09. The monoisotopic (exact) mass is 345 g/mol. The number of carbonyl (C=O) groups is 1. The Morgan fingerprint density at radius 2 is 2.24 bits per heavy atom. The summed E-state index contributed by atoms with van der Waals surface area (Å²) in [5, 5.41) is 1.03. The van der Waals surface area contributed by atoms with Crippen molar-refractivity contribution in [3.63, 3.8) is 0 Å². The number of pyridine rings is 2. The van der Waals surface area contributed by atoms with E-state index in [1.165, 1.54) is 0 Å². The van der Waals surface area contributed by atoms with Crippen LogP contribution in [0.1, 0.15) is 24.6 Å². The van der Waals surface area contributed by atoms with Crippen molar-refractivity contribution in [2.75, 3.05) is 6.54 Å². The third-order valence-corrected chi connectivity index (χ3v) is 4.95. The molecule has 0 bridgehead atoms. The van der Waals surface area contributed by atoms with Gasteiger partial charge in [0.05, 0.1) is 0 Å². The summed E-state index contributed by atoms with van der Waals surface area (Å²) in [6, 6.07) is 4.16. The molecule has 1 aliphatic carbocycles. The first-order valence-corrected chi connectivity index (χ1v) is 8.14. The Balaban J connectivity index is 1.66. The van der Waals surface area contributed by atoms with Gasteiger partial charge < -0.3 is 4.90 Å². The molecular weight excluding hydrogens is 330 g/mol. The molecule has 0 saturated heterocycles. The fraction of sp³-hybridized carbons (Fsp3) is 0.438. The molecule has 4 nitrogen and oxygen atoms in total. The molecule has 2 aliphatic rings.